The number of fused-ring (bicyclic) bond motifs is 1. The van der Waals surface area contributed by atoms with Crippen molar-refractivity contribution in [1.29, 1.82) is 5.26 Å². The van der Waals surface area contributed by atoms with E-state index in [0.717, 1.165) is 25.6 Å². The van der Waals surface area contributed by atoms with Crippen molar-refractivity contribution < 1.29 is 0 Å². The zero-order chi connectivity index (χ0) is 8.39. The first kappa shape index (κ1) is 8.03. The maximum atomic E-state index is 8.63. The molecule has 3 heteroatoms. The van der Waals surface area contributed by atoms with Crippen LogP contribution in [0.1, 0.15) is 12.8 Å². The molecule has 0 spiro atoms. The lowest BCUT2D eigenvalue weighted by atomic mass is 9.92. The number of hydrogen-bond acceptors (Lipinski definition) is 3. The number of nitrogens with zero attached hydrogens (tertiary/aromatic N) is 2. The second-order valence-electron chi connectivity index (χ2n) is 3.76. The Hall–Kier alpha value is -0.590. The average molecular weight is 165 g/mol. The van der Waals surface area contributed by atoms with Gasteiger partial charge in [-0.2, -0.15) is 5.26 Å². The molecule has 66 valence electrons. The van der Waals surface area contributed by atoms with E-state index in [-0.39, 0.29) is 0 Å². The van der Waals surface area contributed by atoms with Crippen LogP contribution in [-0.2, 0) is 0 Å². The van der Waals surface area contributed by atoms with Crippen LogP contribution in [0.15, 0.2) is 0 Å². The molecule has 0 aromatic heterocycles. The van der Waals surface area contributed by atoms with E-state index in [4.69, 9.17) is 5.26 Å². The van der Waals surface area contributed by atoms with Crippen LogP contribution in [0.2, 0.25) is 0 Å². The van der Waals surface area contributed by atoms with Crippen molar-refractivity contribution in [2.24, 2.45) is 5.92 Å². The number of nitrogens with one attached hydrogen (secondary N) is 1. The van der Waals surface area contributed by atoms with Crippen molar-refractivity contribution in [1.82, 2.24) is 10.2 Å². The molecule has 2 aliphatic rings. The molecule has 0 aromatic rings. The molecule has 3 nitrogen and oxygen atoms in total. The number of hydrogen-bond donors (Lipinski definition) is 1. The van der Waals surface area contributed by atoms with Crippen LogP contribution in [0.3, 0.4) is 0 Å². The second-order valence-corrected chi connectivity index (χ2v) is 3.76. The van der Waals surface area contributed by atoms with Gasteiger partial charge in [0, 0.05) is 12.6 Å². The van der Waals surface area contributed by atoms with Crippen LogP contribution in [0.25, 0.3) is 0 Å². The van der Waals surface area contributed by atoms with Crippen molar-refractivity contribution in [3.63, 3.8) is 0 Å². The summed E-state index contributed by atoms with van der Waals surface area (Å²) in [5, 5.41) is 12.0. The third-order valence-electron chi connectivity index (χ3n) is 3.07. The van der Waals surface area contributed by atoms with Gasteiger partial charge in [-0.1, -0.05) is 0 Å². The molecule has 2 atom stereocenters. The second kappa shape index (κ2) is 3.42. The van der Waals surface area contributed by atoms with E-state index in [9.17, 15) is 0 Å². The Morgan fingerprint density at radius 1 is 1.50 bits per heavy atom. The first-order valence-electron chi connectivity index (χ1n) is 4.73. The van der Waals surface area contributed by atoms with E-state index >= 15 is 0 Å². The first-order valence-corrected chi connectivity index (χ1v) is 4.73. The van der Waals surface area contributed by atoms with Gasteiger partial charge >= 0.3 is 0 Å². The van der Waals surface area contributed by atoms with Crippen molar-refractivity contribution in [3.05, 3.63) is 0 Å². The quantitative estimate of drug-likeness (QED) is 0.564. The van der Waals surface area contributed by atoms with Gasteiger partial charge in [0.05, 0.1) is 12.6 Å². The summed E-state index contributed by atoms with van der Waals surface area (Å²) in [5.74, 6) is 0.812. The summed E-state index contributed by atoms with van der Waals surface area (Å²) in [7, 11) is 0. The Bertz CT molecular complexity index is 196. The zero-order valence-electron chi connectivity index (χ0n) is 7.29. The van der Waals surface area contributed by atoms with Gasteiger partial charge in [-0.25, -0.2) is 0 Å². The smallest absolute Gasteiger partial charge is 0.0868 e. The minimum absolute atomic E-state index is 0.614. The molecule has 1 N–H and O–H groups in total. The molecule has 2 rings (SSSR count). The molecule has 2 heterocycles. The number of likely N-dealkylation sites (tertiary alicyclic amines) is 1. The normalized spacial score (nSPS) is 35.9. The number of nitriles is 1. The topological polar surface area (TPSA) is 39.1 Å². The standard InChI is InChI=1S/C9H15N3/c10-3-5-12-4-1-2-8-6-11-7-9(8)12/h8-9,11H,1-2,4-7H2. The summed E-state index contributed by atoms with van der Waals surface area (Å²) in [6, 6.07) is 2.90. The molecule has 0 aliphatic carbocycles. The maximum absolute atomic E-state index is 8.63. The largest absolute Gasteiger partial charge is 0.315 e. The van der Waals surface area contributed by atoms with Crippen LogP contribution in [0.4, 0.5) is 0 Å². The van der Waals surface area contributed by atoms with E-state index in [1.54, 1.807) is 0 Å². The van der Waals surface area contributed by atoms with E-state index in [0.29, 0.717) is 12.6 Å². The SMILES string of the molecule is N#CCN1CCCC2CNCC21. The summed E-state index contributed by atoms with van der Waals surface area (Å²) >= 11 is 0. The maximum Gasteiger partial charge on any atom is 0.0868 e. The molecule has 0 radical (unpaired) electrons. The Kier molecular flexibility index (Phi) is 2.29. The molecule has 2 fully saturated rings. The molecular formula is C9H15N3. The highest BCUT2D eigenvalue weighted by molar-refractivity contribution is 4.94. The highest BCUT2D eigenvalue weighted by Crippen LogP contribution is 2.25. The van der Waals surface area contributed by atoms with E-state index in [2.05, 4.69) is 16.3 Å². The summed E-state index contributed by atoms with van der Waals surface area (Å²) in [4.78, 5) is 2.33. The fourth-order valence-corrected chi connectivity index (χ4v) is 2.45. The molecule has 0 aromatic carbocycles. The minimum atomic E-state index is 0.614. The van der Waals surface area contributed by atoms with Gasteiger partial charge in [-0.3, -0.25) is 4.90 Å². The number of rotatable bonds is 1. The third kappa shape index (κ3) is 1.33. The lowest BCUT2D eigenvalue weighted by Gasteiger charge is -2.35. The molecule has 2 saturated heterocycles. The number of piperidine rings is 1. The lowest BCUT2D eigenvalue weighted by molar-refractivity contribution is 0.142. The Balaban J connectivity index is 1.99. The molecule has 0 amide bonds. The van der Waals surface area contributed by atoms with Crippen molar-refractivity contribution in [2.75, 3.05) is 26.2 Å². The van der Waals surface area contributed by atoms with Crippen LogP contribution in [-0.4, -0.2) is 37.1 Å². The van der Waals surface area contributed by atoms with Crippen LogP contribution < -0.4 is 5.32 Å². The fraction of sp³-hybridized carbons (Fsp3) is 0.889. The molecule has 2 unspecified atom stereocenters. The Morgan fingerprint density at radius 2 is 2.42 bits per heavy atom. The molecule has 12 heavy (non-hydrogen) atoms. The van der Waals surface area contributed by atoms with Crippen molar-refractivity contribution >= 4 is 0 Å². The predicted molar refractivity (Wildman–Crippen MR) is 46.6 cm³/mol. The molecule has 0 saturated carbocycles. The van der Waals surface area contributed by atoms with Gasteiger partial charge in [-0.15, -0.1) is 0 Å². The first-order chi connectivity index (χ1) is 5.92. The van der Waals surface area contributed by atoms with Crippen molar-refractivity contribution in [3.8, 4) is 6.07 Å². The monoisotopic (exact) mass is 165 g/mol. The molecule has 2 aliphatic heterocycles. The van der Waals surface area contributed by atoms with Gasteiger partial charge < -0.3 is 5.32 Å². The summed E-state index contributed by atoms with van der Waals surface area (Å²) < 4.78 is 0. The van der Waals surface area contributed by atoms with Crippen LogP contribution in [0.5, 0.6) is 0 Å². The van der Waals surface area contributed by atoms with Gasteiger partial charge in [0.2, 0.25) is 0 Å². The van der Waals surface area contributed by atoms with Gasteiger partial charge in [-0.05, 0) is 31.8 Å². The average Bonchev–Trinajstić information content (AvgIpc) is 2.53. The summed E-state index contributed by atoms with van der Waals surface area (Å²) in [6.07, 6.45) is 2.62. The molecule has 0 bridgehead atoms. The van der Waals surface area contributed by atoms with Gasteiger partial charge in [0.1, 0.15) is 0 Å². The van der Waals surface area contributed by atoms with E-state index in [1.165, 1.54) is 12.8 Å². The van der Waals surface area contributed by atoms with Crippen LogP contribution in [0, 0.1) is 17.2 Å². The Morgan fingerprint density at radius 3 is 3.25 bits per heavy atom. The fourth-order valence-electron chi connectivity index (χ4n) is 2.45. The van der Waals surface area contributed by atoms with E-state index < -0.39 is 0 Å². The van der Waals surface area contributed by atoms with E-state index in [1.807, 2.05) is 0 Å². The lowest BCUT2D eigenvalue weighted by Crippen LogP contribution is -2.45. The van der Waals surface area contributed by atoms with Gasteiger partial charge in [0.25, 0.3) is 0 Å². The third-order valence-corrected chi connectivity index (χ3v) is 3.07. The summed E-state index contributed by atoms with van der Waals surface area (Å²) in [5.41, 5.74) is 0. The summed E-state index contributed by atoms with van der Waals surface area (Å²) in [6.45, 7) is 3.98. The zero-order valence-corrected chi connectivity index (χ0v) is 7.29. The van der Waals surface area contributed by atoms with Gasteiger partial charge in [0.15, 0.2) is 0 Å². The highest BCUT2D eigenvalue weighted by Gasteiger charge is 2.34. The predicted octanol–water partition coefficient (Wildman–Crippen LogP) is 0.194. The Labute approximate surface area is 73.3 Å². The van der Waals surface area contributed by atoms with Crippen molar-refractivity contribution in [2.45, 2.75) is 18.9 Å². The van der Waals surface area contributed by atoms with Crippen LogP contribution >= 0.6 is 0 Å². The minimum Gasteiger partial charge on any atom is -0.315 e. The highest BCUT2D eigenvalue weighted by atomic mass is 15.2. The molecular weight excluding hydrogens is 150 g/mol.